The highest BCUT2D eigenvalue weighted by atomic mass is 15.1. The first-order chi connectivity index (χ1) is 22.8. The van der Waals surface area contributed by atoms with Crippen LogP contribution >= 0.6 is 0 Å². The van der Waals surface area contributed by atoms with Crippen molar-refractivity contribution in [2.45, 2.75) is 12.8 Å². The SMILES string of the molecule is C=Cc1ccc(-c2ccc3c(c2)c2cc(-c4ccc(N(C5=CCCC=C5)c5ccccc5)cc4)ccc2n3-c2ccccc2)cc1. The van der Waals surface area contributed by atoms with Gasteiger partial charge >= 0.3 is 0 Å². The van der Waals surface area contributed by atoms with Crippen molar-refractivity contribution in [1.82, 2.24) is 4.57 Å². The molecule has 220 valence electrons. The molecule has 0 saturated carbocycles. The van der Waals surface area contributed by atoms with E-state index in [9.17, 15) is 0 Å². The highest BCUT2D eigenvalue weighted by Crippen LogP contribution is 2.38. The van der Waals surface area contributed by atoms with Crippen LogP contribution in [0.5, 0.6) is 0 Å². The largest absolute Gasteiger partial charge is 0.311 e. The van der Waals surface area contributed by atoms with Crippen molar-refractivity contribution < 1.29 is 0 Å². The van der Waals surface area contributed by atoms with Crippen molar-refractivity contribution in [3.05, 3.63) is 182 Å². The lowest BCUT2D eigenvalue weighted by atomic mass is 9.99. The third kappa shape index (κ3) is 5.04. The molecule has 0 aliphatic heterocycles. The number of rotatable bonds is 7. The zero-order chi connectivity index (χ0) is 30.9. The van der Waals surface area contributed by atoms with Crippen LogP contribution in [0.2, 0.25) is 0 Å². The van der Waals surface area contributed by atoms with Crippen molar-refractivity contribution in [2.24, 2.45) is 0 Å². The van der Waals surface area contributed by atoms with Crippen LogP contribution in [0.1, 0.15) is 18.4 Å². The number of benzene rings is 6. The van der Waals surface area contributed by atoms with E-state index in [1.807, 2.05) is 6.08 Å². The summed E-state index contributed by atoms with van der Waals surface area (Å²) in [5.41, 5.74) is 13.0. The molecule has 0 bridgehead atoms. The van der Waals surface area contributed by atoms with Crippen molar-refractivity contribution >= 4 is 39.3 Å². The van der Waals surface area contributed by atoms with Crippen LogP contribution in [0.15, 0.2) is 176 Å². The maximum Gasteiger partial charge on any atom is 0.0541 e. The van der Waals surface area contributed by atoms with Crippen LogP contribution in [-0.4, -0.2) is 4.57 Å². The highest BCUT2D eigenvalue weighted by Gasteiger charge is 2.16. The third-order valence-electron chi connectivity index (χ3n) is 8.97. The van der Waals surface area contributed by atoms with Gasteiger partial charge in [0.1, 0.15) is 0 Å². The van der Waals surface area contributed by atoms with Gasteiger partial charge in [0.05, 0.1) is 11.0 Å². The summed E-state index contributed by atoms with van der Waals surface area (Å²) in [7, 11) is 0. The first-order valence-electron chi connectivity index (χ1n) is 16.0. The molecule has 0 amide bonds. The van der Waals surface area contributed by atoms with Crippen LogP contribution in [0.3, 0.4) is 0 Å². The minimum Gasteiger partial charge on any atom is -0.311 e. The van der Waals surface area contributed by atoms with E-state index in [2.05, 4.69) is 180 Å². The smallest absolute Gasteiger partial charge is 0.0541 e. The fourth-order valence-electron chi connectivity index (χ4n) is 6.64. The Kier molecular flexibility index (Phi) is 7.16. The van der Waals surface area contributed by atoms with E-state index in [4.69, 9.17) is 0 Å². The van der Waals surface area contributed by atoms with Gasteiger partial charge in [0.25, 0.3) is 0 Å². The van der Waals surface area contributed by atoms with Gasteiger partial charge in [0.2, 0.25) is 0 Å². The summed E-state index contributed by atoms with van der Waals surface area (Å²) in [5.74, 6) is 0. The second-order valence-corrected chi connectivity index (χ2v) is 11.8. The van der Waals surface area contributed by atoms with Crippen molar-refractivity contribution in [3.8, 4) is 27.9 Å². The minimum atomic E-state index is 1.06. The molecule has 7 aromatic rings. The highest BCUT2D eigenvalue weighted by molar-refractivity contribution is 6.11. The van der Waals surface area contributed by atoms with Gasteiger partial charge in [-0.2, -0.15) is 0 Å². The Balaban J connectivity index is 1.24. The molecule has 0 saturated heterocycles. The fraction of sp³-hybridized carbons (Fsp3) is 0.0455. The van der Waals surface area contributed by atoms with Crippen molar-refractivity contribution in [2.75, 3.05) is 4.90 Å². The van der Waals surface area contributed by atoms with Crippen LogP contribution < -0.4 is 4.90 Å². The van der Waals surface area contributed by atoms with Crippen molar-refractivity contribution in [3.63, 3.8) is 0 Å². The number of aromatic nitrogens is 1. The lowest BCUT2D eigenvalue weighted by Gasteiger charge is -2.27. The average molecular weight is 591 g/mol. The summed E-state index contributed by atoms with van der Waals surface area (Å²) in [6, 6.07) is 52.6. The topological polar surface area (TPSA) is 8.17 Å². The van der Waals surface area contributed by atoms with E-state index in [1.165, 1.54) is 49.8 Å². The normalized spacial score (nSPS) is 12.7. The molecule has 0 N–H and O–H groups in total. The average Bonchev–Trinajstić information content (AvgIpc) is 3.46. The molecule has 0 atom stereocenters. The lowest BCUT2D eigenvalue weighted by Crippen LogP contribution is -2.16. The van der Waals surface area contributed by atoms with Gasteiger partial charge < -0.3 is 9.47 Å². The van der Waals surface area contributed by atoms with E-state index in [1.54, 1.807) is 0 Å². The zero-order valence-corrected chi connectivity index (χ0v) is 25.7. The summed E-state index contributed by atoms with van der Waals surface area (Å²) in [6.07, 6.45) is 10.9. The van der Waals surface area contributed by atoms with E-state index >= 15 is 0 Å². The number of hydrogen-bond donors (Lipinski definition) is 0. The van der Waals surface area contributed by atoms with Crippen LogP contribution in [0, 0.1) is 0 Å². The molecule has 2 nitrogen and oxygen atoms in total. The molecular formula is C44H34N2. The molecule has 8 rings (SSSR count). The molecule has 1 aliphatic rings. The van der Waals surface area contributed by atoms with E-state index < -0.39 is 0 Å². The van der Waals surface area contributed by atoms with Crippen LogP contribution in [0.25, 0.3) is 55.8 Å². The molecular weight excluding hydrogens is 556 g/mol. The molecule has 0 unspecified atom stereocenters. The number of fused-ring (bicyclic) bond motifs is 3. The van der Waals surface area contributed by atoms with Crippen molar-refractivity contribution in [1.29, 1.82) is 0 Å². The third-order valence-corrected chi connectivity index (χ3v) is 8.97. The molecule has 2 heteroatoms. The van der Waals surface area contributed by atoms with Crippen LogP contribution in [-0.2, 0) is 0 Å². The van der Waals surface area contributed by atoms with Gasteiger partial charge in [0.15, 0.2) is 0 Å². The predicted octanol–water partition coefficient (Wildman–Crippen LogP) is 12.1. The Hall–Kier alpha value is -5.86. The molecule has 0 fully saturated rings. The first kappa shape index (κ1) is 27.7. The van der Waals surface area contributed by atoms with Gasteiger partial charge in [-0.1, -0.05) is 110 Å². The fourth-order valence-corrected chi connectivity index (χ4v) is 6.64. The first-order valence-corrected chi connectivity index (χ1v) is 16.0. The number of hydrogen-bond acceptors (Lipinski definition) is 1. The lowest BCUT2D eigenvalue weighted by molar-refractivity contribution is 0.997. The Morgan fingerprint density at radius 1 is 0.543 bits per heavy atom. The molecule has 6 aromatic carbocycles. The Labute approximate surface area is 270 Å². The van der Waals surface area contributed by atoms with Gasteiger partial charge in [-0.15, -0.1) is 0 Å². The Morgan fingerprint density at radius 3 is 1.65 bits per heavy atom. The molecule has 0 radical (unpaired) electrons. The summed E-state index contributed by atoms with van der Waals surface area (Å²) in [6.45, 7) is 3.91. The number of nitrogens with zero attached hydrogens (tertiary/aromatic N) is 2. The van der Waals surface area contributed by atoms with Gasteiger partial charge in [-0.25, -0.2) is 0 Å². The van der Waals surface area contributed by atoms with E-state index in [0.717, 1.165) is 35.5 Å². The molecule has 1 aromatic heterocycles. The summed E-state index contributed by atoms with van der Waals surface area (Å²) in [5, 5.41) is 2.49. The number of allylic oxidation sites excluding steroid dienone is 3. The van der Waals surface area contributed by atoms with Crippen LogP contribution in [0.4, 0.5) is 11.4 Å². The summed E-state index contributed by atoms with van der Waals surface area (Å²) >= 11 is 0. The Morgan fingerprint density at radius 2 is 1.09 bits per heavy atom. The Bertz CT molecular complexity index is 2230. The maximum atomic E-state index is 3.91. The number of anilines is 2. The maximum absolute atomic E-state index is 3.91. The van der Waals surface area contributed by atoms with E-state index in [-0.39, 0.29) is 0 Å². The van der Waals surface area contributed by atoms with Gasteiger partial charge in [-0.05, 0) is 107 Å². The van der Waals surface area contributed by atoms with Gasteiger partial charge in [-0.3, -0.25) is 0 Å². The predicted molar refractivity (Wildman–Crippen MR) is 197 cm³/mol. The molecule has 1 aliphatic carbocycles. The summed E-state index contributed by atoms with van der Waals surface area (Å²) in [4.78, 5) is 2.35. The quantitative estimate of drug-likeness (QED) is 0.179. The summed E-state index contributed by atoms with van der Waals surface area (Å²) < 4.78 is 2.38. The monoisotopic (exact) mass is 590 g/mol. The number of para-hydroxylation sites is 2. The second-order valence-electron chi connectivity index (χ2n) is 11.8. The molecule has 0 spiro atoms. The molecule has 46 heavy (non-hydrogen) atoms. The zero-order valence-electron chi connectivity index (χ0n) is 25.7. The minimum absolute atomic E-state index is 1.06. The van der Waals surface area contributed by atoms with E-state index in [0.29, 0.717) is 0 Å². The second kappa shape index (κ2) is 11.9. The molecule has 1 heterocycles. The van der Waals surface area contributed by atoms with Gasteiger partial charge in [0, 0.05) is 33.5 Å². The standard InChI is InChI=1S/C44H34N2/c1-2-32-18-20-33(21-19-32)35-24-28-43-41(30-35)42-31-36(25-29-44(42)46(43)39-16-10-5-11-17-39)34-22-26-40(27-23-34)45(37-12-6-3-7-13-37)38-14-8-4-9-15-38/h2-3,5-8,10-31H,1,4,9H2.